The van der Waals surface area contributed by atoms with Gasteiger partial charge in [-0.3, -0.25) is 4.79 Å². The first kappa shape index (κ1) is 26.7. The van der Waals surface area contributed by atoms with E-state index < -0.39 is 12.1 Å². The van der Waals surface area contributed by atoms with Crippen molar-refractivity contribution in [2.24, 2.45) is 5.10 Å². The van der Waals surface area contributed by atoms with Gasteiger partial charge in [0, 0.05) is 10.9 Å². The van der Waals surface area contributed by atoms with Crippen LogP contribution in [0.4, 0.5) is 0 Å². The molecule has 0 bridgehead atoms. The number of fused-ring (bicyclic) bond motifs is 1. The molecule has 0 aliphatic rings. The van der Waals surface area contributed by atoms with E-state index in [1.54, 1.807) is 25.1 Å². The number of hydrogen-bond donors (Lipinski definition) is 0. The zero-order chi connectivity index (χ0) is 25.5. The Hall–Kier alpha value is -2.91. The Morgan fingerprint density at radius 1 is 1.29 bits per heavy atom. The highest BCUT2D eigenvalue weighted by atomic mass is 79.9. The summed E-state index contributed by atoms with van der Waals surface area (Å²) in [6.45, 7) is 5.80. The zero-order valence-corrected chi connectivity index (χ0v) is 22.4. The molecule has 10 heteroatoms. The molecule has 0 radical (unpaired) electrons. The second kappa shape index (κ2) is 12.2. The van der Waals surface area contributed by atoms with Crippen molar-refractivity contribution in [3.8, 4) is 11.5 Å². The maximum Gasteiger partial charge on any atom is 0.346 e. The van der Waals surface area contributed by atoms with Crippen LogP contribution in [-0.2, 0) is 16.0 Å². The molecule has 0 amide bonds. The second-order valence-corrected chi connectivity index (χ2v) is 9.02. The first-order valence-corrected chi connectivity index (χ1v) is 12.4. The van der Waals surface area contributed by atoms with E-state index in [4.69, 9.17) is 25.8 Å². The van der Waals surface area contributed by atoms with Crippen molar-refractivity contribution in [1.82, 2.24) is 9.66 Å². The zero-order valence-electron chi connectivity index (χ0n) is 20.0. The molecule has 0 spiro atoms. The fraction of sp³-hybridized carbons (Fsp3) is 0.360. The third-order valence-electron chi connectivity index (χ3n) is 5.11. The number of ether oxygens (including phenoxy) is 3. The van der Waals surface area contributed by atoms with Gasteiger partial charge in [-0.25, -0.2) is 9.78 Å². The van der Waals surface area contributed by atoms with Gasteiger partial charge in [0.1, 0.15) is 5.82 Å². The van der Waals surface area contributed by atoms with E-state index in [-0.39, 0.29) is 16.3 Å². The van der Waals surface area contributed by atoms with Crippen molar-refractivity contribution in [1.29, 1.82) is 0 Å². The monoisotopic (exact) mass is 563 g/mol. The van der Waals surface area contributed by atoms with Gasteiger partial charge < -0.3 is 14.2 Å². The third-order valence-corrected chi connectivity index (χ3v) is 5.89. The lowest BCUT2D eigenvalue weighted by Gasteiger charge is -2.17. The molecule has 186 valence electrons. The van der Waals surface area contributed by atoms with Crippen LogP contribution >= 0.6 is 27.5 Å². The molecule has 1 aromatic heterocycles. The molecule has 2 aromatic carbocycles. The van der Waals surface area contributed by atoms with Gasteiger partial charge >= 0.3 is 5.97 Å². The molecular formula is C25H27BrClN3O5. The average molecular weight is 565 g/mol. The first-order chi connectivity index (χ1) is 16.8. The fourth-order valence-electron chi connectivity index (χ4n) is 3.37. The summed E-state index contributed by atoms with van der Waals surface area (Å²) in [6.07, 6.45) is 3.08. The molecular weight excluding hydrogens is 538 g/mol. The van der Waals surface area contributed by atoms with Crippen LogP contribution < -0.4 is 15.0 Å². The highest BCUT2D eigenvalue weighted by Gasteiger charge is 2.20. The molecule has 35 heavy (non-hydrogen) atoms. The minimum atomic E-state index is -0.876. The largest absolute Gasteiger partial charge is 0.490 e. The van der Waals surface area contributed by atoms with Crippen molar-refractivity contribution in [3.05, 3.63) is 61.6 Å². The lowest BCUT2D eigenvalue weighted by molar-refractivity contribution is -0.147. The summed E-state index contributed by atoms with van der Waals surface area (Å²) in [5, 5.41) is 5.15. The summed E-state index contributed by atoms with van der Waals surface area (Å²) in [7, 11) is 1.28. The molecule has 0 N–H and O–H groups in total. The second-order valence-electron chi connectivity index (χ2n) is 7.70. The standard InChI is InChI=1S/C25H27BrClN3O5/c1-5-7-8-22-29-20-10-9-17(26)13-18(20)24(31)30(22)28-14-16-11-19(27)23(21(12-16)34-6-2)35-15(3)25(32)33-4/h9-15H,5-8H2,1-4H3/t15-/m1/s1. The van der Waals surface area contributed by atoms with Crippen molar-refractivity contribution >= 4 is 50.6 Å². The quantitative estimate of drug-likeness (QED) is 0.243. The van der Waals surface area contributed by atoms with Crippen LogP contribution in [0.5, 0.6) is 11.5 Å². The van der Waals surface area contributed by atoms with E-state index in [1.807, 2.05) is 19.1 Å². The Morgan fingerprint density at radius 2 is 2.06 bits per heavy atom. The number of hydrogen-bond acceptors (Lipinski definition) is 7. The van der Waals surface area contributed by atoms with Gasteiger partial charge in [-0.05, 0) is 56.2 Å². The minimum Gasteiger partial charge on any atom is -0.490 e. The molecule has 0 saturated heterocycles. The summed E-state index contributed by atoms with van der Waals surface area (Å²) in [6, 6.07) is 8.70. The van der Waals surface area contributed by atoms with Gasteiger partial charge in [0.25, 0.3) is 5.56 Å². The number of unbranched alkanes of at least 4 members (excludes halogenated alkanes) is 1. The highest BCUT2D eigenvalue weighted by molar-refractivity contribution is 9.10. The minimum absolute atomic E-state index is 0.224. The van der Waals surface area contributed by atoms with Crippen molar-refractivity contribution < 1.29 is 19.0 Å². The molecule has 1 heterocycles. The van der Waals surface area contributed by atoms with Crippen LogP contribution in [0.15, 0.2) is 44.7 Å². The maximum absolute atomic E-state index is 13.3. The van der Waals surface area contributed by atoms with E-state index >= 15 is 0 Å². The predicted molar refractivity (Wildman–Crippen MR) is 140 cm³/mol. The molecule has 3 aromatic rings. The van der Waals surface area contributed by atoms with Gasteiger partial charge in [-0.2, -0.15) is 9.78 Å². The lowest BCUT2D eigenvalue weighted by Crippen LogP contribution is -2.25. The number of halogens is 2. The number of rotatable bonds is 10. The lowest BCUT2D eigenvalue weighted by atomic mass is 10.2. The Bertz CT molecular complexity index is 1310. The molecule has 0 saturated carbocycles. The maximum atomic E-state index is 13.3. The van der Waals surface area contributed by atoms with Gasteiger partial charge in [-0.15, -0.1) is 0 Å². The Labute approximate surface area is 217 Å². The molecule has 0 aliphatic carbocycles. The van der Waals surface area contributed by atoms with Crippen LogP contribution in [0.1, 0.15) is 45.0 Å². The number of benzene rings is 2. The van der Waals surface area contributed by atoms with E-state index in [0.29, 0.717) is 41.1 Å². The highest BCUT2D eigenvalue weighted by Crippen LogP contribution is 2.37. The molecule has 8 nitrogen and oxygen atoms in total. The number of carbonyl (C=O) groups is 1. The van der Waals surface area contributed by atoms with Crippen LogP contribution in [0.2, 0.25) is 5.02 Å². The summed E-state index contributed by atoms with van der Waals surface area (Å²) in [4.78, 5) is 29.7. The van der Waals surface area contributed by atoms with Crippen molar-refractivity contribution in [3.63, 3.8) is 0 Å². The molecule has 1 atom stereocenters. The van der Waals surface area contributed by atoms with Crippen LogP contribution in [0, 0.1) is 0 Å². The number of aryl methyl sites for hydroxylation is 1. The third kappa shape index (κ3) is 6.41. The Balaban J connectivity index is 2.05. The number of esters is 1. The van der Waals surface area contributed by atoms with E-state index in [9.17, 15) is 9.59 Å². The summed E-state index contributed by atoms with van der Waals surface area (Å²) < 4.78 is 18.2. The SMILES string of the molecule is CCCCc1nc2ccc(Br)cc2c(=O)n1N=Cc1cc(Cl)c(O[C@H](C)C(=O)OC)c(OCC)c1. The van der Waals surface area contributed by atoms with Crippen LogP contribution in [0.3, 0.4) is 0 Å². The van der Waals surface area contributed by atoms with Gasteiger partial charge in [0.05, 0.1) is 35.9 Å². The van der Waals surface area contributed by atoms with Crippen molar-refractivity contribution in [2.75, 3.05) is 13.7 Å². The van der Waals surface area contributed by atoms with Crippen LogP contribution in [0.25, 0.3) is 10.9 Å². The molecule has 0 aliphatic heterocycles. The summed E-state index contributed by atoms with van der Waals surface area (Å²) in [5.74, 6) is 0.604. The number of methoxy groups -OCH3 is 1. The normalized spacial score (nSPS) is 12.2. The average Bonchev–Trinajstić information content (AvgIpc) is 2.84. The number of aromatic nitrogens is 2. The Morgan fingerprint density at radius 3 is 2.74 bits per heavy atom. The van der Waals surface area contributed by atoms with Crippen molar-refractivity contribution in [2.45, 2.75) is 46.1 Å². The fourth-order valence-corrected chi connectivity index (χ4v) is 3.99. The van der Waals surface area contributed by atoms with E-state index in [1.165, 1.54) is 18.0 Å². The van der Waals surface area contributed by atoms with Gasteiger partial charge in [0.15, 0.2) is 17.6 Å². The first-order valence-electron chi connectivity index (χ1n) is 11.2. The van der Waals surface area contributed by atoms with Crippen LogP contribution in [-0.4, -0.2) is 41.7 Å². The van der Waals surface area contributed by atoms with Gasteiger partial charge in [0.2, 0.25) is 0 Å². The molecule has 0 unspecified atom stereocenters. The Kier molecular flexibility index (Phi) is 9.28. The van der Waals surface area contributed by atoms with E-state index in [0.717, 1.165) is 17.3 Å². The predicted octanol–water partition coefficient (Wildman–Crippen LogP) is 5.38. The molecule has 0 fully saturated rings. The topological polar surface area (TPSA) is 92.0 Å². The number of nitrogens with zero attached hydrogens (tertiary/aromatic N) is 3. The van der Waals surface area contributed by atoms with E-state index in [2.05, 4.69) is 32.9 Å². The smallest absolute Gasteiger partial charge is 0.346 e. The number of carbonyl (C=O) groups excluding carboxylic acids is 1. The summed E-state index contributed by atoms with van der Waals surface area (Å²) >= 11 is 9.88. The van der Waals surface area contributed by atoms with Gasteiger partial charge in [-0.1, -0.05) is 40.9 Å². The molecule has 3 rings (SSSR count). The summed E-state index contributed by atoms with van der Waals surface area (Å²) in [5.41, 5.74) is 0.944.